The molecule has 0 aliphatic rings. The van der Waals surface area contributed by atoms with Crippen LogP contribution in [-0.4, -0.2) is 13.3 Å². The molecule has 2 N–H and O–H groups in total. The first-order valence-electron chi connectivity index (χ1n) is 3.95. The van der Waals surface area contributed by atoms with Crippen LogP contribution in [-0.2, 0) is 6.54 Å². The zero-order valence-corrected chi connectivity index (χ0v) is 7.85. The van der Waals surface area contributed by atoms with Crippen molar-refractivity contribution in [1.29, 1.82) is 0 Å². The normalized spacial score (nSPS) is 10.1. The van der Waals surface area contributed by atoms with Crippen molar-refractivity contribution < 1.29 is 9.13 Å². The van der Waals surface area contributed by atoms with Crippen LogP contribution in [0.25, 0.3) is 0 Å². The second-order valence-corrected chi connectivity index (χ2v) is 2.87. The number of nitrogens with two attached hydrogens (primary N) is 1. The Morgan fingerprint density at radius 1 is 1.46 bits per heavy atom. The van der Waals surface area contributed by atoms with Crippen LogP contribution in [0.15, 0.2) is 18.2 Å². The Morgan fingerprint density at radius 2 is 2.23 bits per heavy atom. The number of hydrogen-bond donors (Lipinski definition) is 1. The Morgan fingerprint density at radius 3 is 2.85 bits per heavy atom. The number of halogens is 2. The van der Waals surface area contributed by atoms with Crippen LogP contribution >= 0.6 is 11.6 Å². The van der Waals surface area contributed by atoms with Gasteiger partial charge in [0.2, 0.25) is 0 Å². The highest BCUT2D eigenvalue weighted by Gasteiger charge is 2.05. The van der Waals surface area contributed by atoms with Gasteiger partial charge in [0, 0.05) is 17.1 Å². The Hall–Kier alpha value is -0.800. The smallest absolute Gasteiger partial charge is 0.125 e. The molecule has 0 aromatic heterocycles. The van der Waals surface area contributed by atoms with E-state index in [1.807, 2.05) is 0 Å². The molecule has 0 saturated heterocycles. The van der Waals surface area contributed by atoms with Gasteiger partial charge in [-0.05, 0) is 12.1 Å². The minimum absolute atomic E-state index is 0.0351. The van der Waals surface area contributed by atoms with Gasteiger partial charge in [0.05, 0.1) is 0 Å². The molecule has 0 radical (unpaired) electrons. The standard InChI is InChI=1S/C9H11ClFNO/c10-8-2-1-3-9(7(8)6-12)13-5-4-11/h1-3H,4-6,12H2. The lowest BCUT2D eigenvalue weighted by molar-refractivity contribution is 0.271. The Balaban J connectivity index is 2.85. The maximum atomic E-state index is 11.8. The highest BCUT2D eigenvalue weighted by atomic mass is 35.5. The molecule has 0 aliphatic carbocycles. The molecule has 13 heavy (non-hydrogen) atoms. The zero-order chi connectivity index (χ0) is 9.68. The molecule has 1 aromatic carbocycles. The monoisotopic (exact) mass is 203 g/mol. The highest BCUT2D eigenvalue weighted by Crippen LogP contribution is 2.25. The molecule has 1 rings (SSSR count). The molecule has 72 valence electrons. The quantitative estimate of drug-likeness (QED) is 0.814. The summed E-state index contributed by atoms with van der Waals surface area (Å²) in [6.45, 7) is -0.189. The predicted octanol–water partition coefficient (Wildman–Crippen LogP) is 2.15. The first kappa shape index (κ1) is 10.3. The van der Waals surface area contributed by atoms with E-state index in [9.17, 15) is 4.39 Å². The number of hydrogen-bond acceptors (Lipinski definition) is 2. The summed E-state index contributed by atoms with van der Waals surface area (Å²) in [6.07, 6.45) is 0. The first-order chi connectivity index (χ1) is 6.29. The third-order valence-corrected chi connectivity index (χ3v) is 1.97. The van der Waals surface area contributed by atoms with Crippen molar-refractivity contribution in [3.63, 3.8) is 0 Å². The number of rotatable bonds is 4. The van der Waals surface area contributed by atoms with Gasteiger partial charge in [-0.15, -0.1) is 0 Å². The van der Waals surface area contributed by atoms with Gasteiger partial charge in [0.25, 0.3) is 0 Å². The molecule has 0 unspecified atom stereocenters. The van der Waals surface area contributed by atoms with E-state index in [-0.39, 0.29) is 6.61 Å². The van der Waals surface area contributed by atoms with Crippen molar-refractivity contribution in [2.24, 2.45) is 5.73 Å². The number of ether oxygens (including phenoxy) is 1. The second kappa shape index (κ2) is 5.04. The van der Waals surface area contributed by atoms with Crippen molar-refractivity contribution in [2.45, 2.75) is 6.54 Å². The molecule has 0 saturated carbocycles. The fraction of sp³-hybridized carbons (Fsp3) is 0.333. The van der Waals surface area contributed by atoms with E-state index in [4.69, 9.17) is 22.1 Å². The van der Waals surface area contributed by atoms with Crippen molar-refractivity contribution in [3.8, 4) is 5.75 Å². The van der Waals surface area contributed by atoms with Crippen molar-refractivity contribution >= 4 is 11.6 Å². The summed E-state index contributed by atoms with van der Waals surface area (Å²) < 4.78 is 16.9. The van der Waals surface area contributed by atoms with Crippen LogP contribution in [0.5, 0.6) is 5.75 Å². The largest absolute Gasteiger partial charge is 0.490 e. The second-order valence-electron chi connectivity index (χ2n) is 2.46. The van der Waals surface area contributed by atoms with E-state index in [2.05, 4.69) is 0 Å². The van der Waals surface area contributed by atoms with Crippen LogP contribution in [0.1, 0.15) is 5.56 Å². The van der Waals surface area contributed by atoms with E-state index < -0.39 is 6.67 Å². The van der Waals surface area contributed by atoms with E-state index in [0.717, 1.165) is 5.56 Å². The average molecular weight is 204 g/mol. The Bertz CT molecular complexity index is 280. The van der Waals surface area contributed by atoms with Gasteiger partial charge in [0.15, 0.2) is 0 Å². The molecule has 0 amide bonds. The molecule has 0 spiro atoms. The van der Waals surface area contributed by atoms with Crippen molar-refractivity contribution in [2.75, 3.05) is 13.3 Å². The van der Waals surface area contributed by atoms with Gasteiger partial charge in [0.1, 0.15) is 19.0 Å². The van der Waals surface area contributed by atoms with Gasteiger partial charge >= 0.3 is 0 Å². The average Bonchev–Trinajstić information content (AvgIpc) is 2.15. The summed E-state index contributed by atoms with van der Waals surface area (Å²) in [5.74, 6) is 0.563. The van der Waals surface area contributed by atoms with Crippen molar-refractivity contribution in [1.82, 2.24) is 0 Å². The Labute approximate surface area is 81.4 Å². The van der Waals surface area contributed by atoms with Crippen molar-refractivity contribution in [3.05, 3.63) is 28.8 Å². The van der Waals surface area contributed by atoms with Gasteiger partial charge in [-0.2, -0.15) is 0 Å². The van der Waals surface area contributed by atoms with Gasteiger partial charge in [-0.3, -0.25) is 0 Å². The van der Waals surface area contributed by atoms with Crippen LogP contribution in [0, 0.1) is 0 Å². The van der Waals surface area contributed by atoms with E-state index in [1.54, 1.807) is 18.2 Å². The topological polar surface area (TPSA) is 35.2 Å². The van der Waals surface area contributed by atoms with Gasteiger partial charge in [-0.25, -0.2) is 4.39 Å². The third-order valence-electron chi connectivity index (χ3n) is 1.61. The fourth-order valence-corrected chi connectivity index (χ4v) is 1.26. The molecule has 2 nitrogen and oxygen atoms in total. The fourth-order valence-electron chi connectivity index (χ4n) is 1.02. The third kappa shape index (κ3) is 2.57. The van der Waals surface area contributed by atoms with Crippen LogP contribution < -0.4 is 10.5 Å². The lowest BCUT2D eigenvalue weighted by atomic mass is 10.2. The molecule has 1 aromatic rings. The zero-order valence-electron chi connectivity index (χ0n) is 7.09. The molecule has 0 atom stereocenters. The minimum atomic E-state index is -0.517. The van der Waals surface area contributed by atoms with E-state index in [1.165, 1.54) is 0 Å². The van der Waals surface area contributed by atoms with E-state index in [0.29, 0.717) is 17.3 Å². The maximum Gasteiger partial charge on any atom is 0.125 e. The summed E-state index contributed by atoms with van der Waals surface area (Å²) in [5, 5.41) is 0.554. The summed E-state index contributed by atoms with van der Waals surface area (Å²) in [6, 6.07) is 5.20. The summed E-state index contributed by atoms with van der Waals surface area (Å²) in [5.41, 5.74) is 6.19. The lowest BCUT2D eigenvalue weighted by Crippen LogP contribution is -2.05. The molecular weight excluding hydrogens is 193 g/mol. The van der Waals surface area contributed by atoms with E-state index >= 15 is 0 Å². The highest BCUT2D eigenvalue weighted by molar-refractivity contribution is 6.31. The maximum absolute atomic E-state index is 11.8. The molecular formula is C9H11ClFNO. The molecule has 4 heteroatoms. The molecule has 0 bridgehead atoms. The molecule has 0 heterocycles. The minimum Gasteiger partial charge on any atom is -0.490 e. The lowest BCUT2D eigenvalue weighted by Gasteiger charge is -2.09. The number of benzene rings is 1. The summed E-state index contributed by atoms with van der Waals surface area (Å²) >= 11 is 5.85. The first-order valence-corrected chi connectivity index (χ1v) is 4.33. The Kier molecular flexibility index (Phi) is 3.99. The molecule has 0 fully saturated rings. The van der Waals surface area contributed by atoms with Gasteiger partial charge in [-0.1, -0.05) is 17.7 Å². The predicted molar refractivity (Wildman–Crippen MR) is 50.8 cm³/mol. The van der Waals surface area contributed by atoms with Crippen LogP contribution in [0.2, 0.25) is 5.02 Å². The van der Waals surface area contributed by atoms with Gasteiger partial charge < -0.3 is 10.5 Å². The summed E-state index contributed by atoms with van der Waals surface area (Å²) in [7, 11) is 0. The SMILES string of the molecule is NCc1c(Cl)cccc1OCCF. The molecule has 0 aliphatic heterocycles. The van der Waals surface area contributed by atoms with Crippen LogP contribution in [0.4, 0.5) is 4.39 Å². The number of alkyl halides is 1. The van der Waals surface area contributed by atoms with Crippen LogP contribution in [0.3, 0.4) is 0 Å². The summed E-state index contributed by atoms with van der Waals surface area (Å²) in [4.78, 5) is 0.